The van der Waals surface area contributed by atoms with Gasteiger partial charge in [0.25, 0.3) is 5.91 Å². The number of benzene rings is 1. The number of ether oxygens (including phenoxy) is 1. The molecule has 1 fully saturated rings. The molecule has 1 aliphatic carbocycles. The van der Waals surface area contributed by atoms with Crippen molar-refractivity contribution in [1.82, 2.24) is 4.90 Å². The predicted octanol–water partition coefficient (Wildman–Crippen LogP) is 4.15. The maximum Gasteiger partial charge on any atom is 0.263 e. The van der Waals surface area contributed by atoms with Gasteiger partial charge in [0, 0.05) is 17.6 Å². The summed E-state index contributed by atoms with van der Waals surface area (Å²) < 4.78 is 19.9. The number of likely N-dealkylation sites (N-methyl/N-ethyl adjacent to an activating group) is 1. The molecule has 1 aromatic carbocycles. The summed E-state index contributed by atoms with van der Waals surface area (Å²) in [6.45, 7) is 1.67. The van der Waals surface area contributed by atoms with Crippen LogP contribution in [-0.4, -0.2) is 30.0 Å². The Morgan fingerprint density at radius 3 is 2.67 bits per heavy atom. The molecule has 0 heterocycles. The lowest BCUT2D eigenvalue weighted by atomic mass is 9.94. The van der Waals surface area contributed by atoms with Gasteiger partial charge in [0.15, 0.2) is 17.7 Å². The molecule has 0 N–H and O–H groups in total. The molecule has 1 aromatic rings. The quantitative estimate of drug-likeness (QED) is 0.809. The molecule has 1 atom stereocenters. The van der Waals surface area contributed by atoms with Gasteiger partial charge in [-0.25, -0.2) is 4.39 Å². The van der Waals surface area contributed by atoms with Crippen molar-refractivity contribution >= 4 is 21.8 Å². The zero-order valence-corrected chi connectivity index (χ0v) is 14.0. The van der Waals surface area contributed by atoms with Crippen molar-refractivity contribution in [2.24, 2.45) is 0 Å². The van der Waals surface area contributed by atoms with Gasteiger partial charge in [0.05, 0.1) is 0 Å². The predicted molar refractivity (Wildman–Crippen MR) is 83.8 cm³/mol. The number of hydrogen-bond acceptors (Lipinski definition) is 2. The lowest BCUT2D eigenvalue weighted by Gasteiger charge is -2.32. The summed E-state index contributed by atoms with van der Waals surface area (Å²) in [6, 6.07) is 4.84. The van der Waals surface area contributed by atoms with Gasteiger partial charge in [0.1, 0.15) is 0 Å². The Bertz CT molecular complexity index is 503. The lowest BCUT2D eigenvalue weighted by molar-refractivity contribution is -0.139. The first kappa shape index (κ1) is 16.3. The highest BCUT2D eigenvalue weighted by atomic mass is 79.9. The van der Waals surface area contributed by atoms with Crippen LogP contribution >= 0.6 is 15.9 Å². The second kappa shape index (κ2) is 7.25. The van der Waals surface area contributed by atoms with Crippen LogP contribution in [0.1, 0.15) is 39.0 Å². The van der Waals surface area contributed by atoms with Crippen molar-refractivity contribution in [3.05, 3.63) is 28.5 Å². The van der Waals surface area contributed by atoms with E-state index in [9.17, 15) is 9.18 Å². The first-order chi connectivity index (χ1) is 9.99. The van der Waals surface area contributed by atoms with E-state index in [0.717, 1.165) is 12.8 Å². The number of amides is 1. The molecule has 116 valence electrons. The van der Waals surface area contributed by atoms with E-state index in [1.807, 2.05) is 7.05 Å². The number of carbonyl (C=O) groups excluding carboxylic acids is 1. The van der Waals surface area contributed by atoms with Crippen molar-refractivity contribution < 1.29 is 13.9 Å². The largest absolute Gasteiger partial charge is 0.478 e. The minimum absolute atomic E-state index is 0.0933. The molecule has 5 heteroatoms. The maximum absolute atomic E-state index is 13.8. The summed E-state index contributed by atoms with van der Waals surface area (Å²) in [6.07, 6.45) is 4.97. The molecule has 0 radical (unpaired) electrons. The Morgan fingerprint density at radius 2 is 2.05 bits per heavy atom. The molecule has 0 bridgehead atoms. The summed E-state index contributed by atoms with van der Waals surface area (Å²) in [5.74, 6) is -0.454. The summed E-state index contributed by atoms with van der Waals surface area (Å²) in [5.41, 5.74) is 0. The van der Waals surface area contributed by atoms with Crippen LogP contribution in [0.2, 0.25) is 0 Å². The Morgan fingerprint density at radius 1 is 1.38 bits per heavy atom. The third kappa shape index (κ3) is 4.19. The van der Waals surface area contributed by atoms with Gasteiger partial charge in [-0.05, 0) is 38.0 Å². The van der Waals surface area contributed by atoms with Crippen LogP contribution in [0.4, 0.5) is 4.39 Å². The molecule has 2 rings (SSSR count). The fraction of sp³-hybridized carbons (Fsp3) is 0.562. The number of hydrogen-bond donors (Lipinski definition) is 0. The van der Waals surface area contributed by atoms with E-state index < -0.39 is 11.9 Å². The SMILES string of the molecule is CC(Oc1ccc(Br)cc1F)C(=O)N(C)C1CCCCC1. The van der Waals surface area contributed by atoms with Crippen LogP contribution in [-0.2, 0) is 4.79 Å². The summed E-state index contributed by atoms with van der Waals surface area (Å²) in [7, 11) is 1.82. The molecule has 0 saturated heterocycles. The number of nitrogens with zero attached hydrogens (tertiary/aromatic N) is 1. The molecule has 1 aliphatic rings. The second-order valence-electron chi connectivity index (χ2n) is 5.58. The summed E-state index contributed by atoms with van der Waals surface area (Å²) in [5, 5.41) is 0. The Hall–Kier alpha value is -1.10. The van der Waals surface area contributed by atoms with Crippen molar-refractivity contribution in [3.63, 3.8) is 0 Å². The number of rotatable bonds is 4. The normalized spacial score (nSPS) is 17.3. The molecule has 21 heavy (non-hydrogen) atoms. The van der Waals surface area contributed by atoms with Gasteiger partial charge in [-0.3, -0.25) is 4.79 Å². The smallest absolute Gasteiger partial charge is 0.263 e. The molecule has 0 aliphatic heterocycles. The van der Waals surface area contributed by atoms with E-state index in [0.29, 0.717) is 4.47 Å². The zero-order valence-electron chi connectivity index (χ0n) is 12.4. The van der Waals surface area contributed by atoms with Gasteiger partial charge in [-0.1, -0.05) is 35.2 Å². The van der Waals surface area contributed by atoms with Crippen LogP contribution in [0.3, 0.4) is 0 Å². The molecule has 1 amide bonds. The molecule has 3 nitrogen and oxygen atoms in total. The van der Waals surface area contributed by atoms with Crippen LogP contribution in [0.5, 0.6) is 5.75 Å². The maximum atomic E-state index is 13.8. The Balaban J connectivity index is 1.98. The molecular weight excluding hydrogens is 337 g/mol. The monoisotopic (exact) mass is 357 g/mol. The molecule has 1 unspecified atom stereocenters. The zero-order chi connectivity index (χ0) is 15.4. The van der Waals surface area contributed by atoms with Crippen LogP contribution in [0.15, 0.2) is 22.7 Å². The lowest BCUT2D eigenvalue weighted by Crippen LogP contribution is -2.44. The van der Waals surface area contributed by atoms with E-state index in [1.54, 1.807) is 17.9 Å². The van der Waals surface area contributed by atoms with Gasteiger partial charge in [-0.15, -0.1) is 0 Å². The average Bonchev–Trinajstić information content (AvgIpc) is 2.49. The van der Waals surface area contributed by atoms with E-state index in [2.05, 4.69) is 15.9 Å². The first-order valence-corrected chi connectivity index (χ1v) is 8.16. The van der Waals surface area contributed by atoms with Gasteiger partial charge in [-0.2, -0.15) is 0 Å². The van der Waals surface area contributed by atoms with Crippen molar-refractivity contribution in [1.29, 1.82) is 0 Å². The van der Waals surface area contributed by atoms with Crippen LogP contribution in [0, 0.1) is 5.82 Å². The van der Waals surface area contributed by atoms with E-state index in [4.69, 9.17) is 4.74 Å². The Labute approximate surface area is 133 Å². The molecule has 0 aromatic heterocycles. The minimum atomic E-state index is -0.687. The third-order valence-corrected chi connectivity index (χ3v) is 4.51. The molecule has 0 spiro atoms. The summed E-state index contributed by atoms with van der Waals surface area (Å²) >= 11 is 3.20. The van der Waals surface area contributed by atoms with Gasteiger partial charge in [0.2, 0.25) is 0 Å². The number of carbonyl (C=O) groups is 1. The van der Waals surface area contributed by atoms with Crippen LogP contribution < -0.4 is 4.74 Å². The highest BCUT2D eigenvalue weighted by Gasteiger charge is 2.27. The highest BCUT2D eigenvalue weighted by Crippen LogP contribution is 2.25. The second-order valence-corrected chi connectivity index (χ2v) is 6.49. The molecule has 1 saturated carbocycles. The highest BCUT2D eigenvalue weighted by molar-refractivity contribution is 9.10. The average molecular weight is 358 g/mol. The standard InChI is InChI=1S/C16H21BrFNO2/c1-11(21-15-9-8-12(17)10-14(15)18)16(20)19(2)13-6-4-3-5-7-13/h8-11,13H,3-7H2,1-2H3. The third-order valence-electron chi connectivity index (χ3n) is 4.02. The van der Waals surface area contributed by atoms with Crippen molar-refractivity contribution in [2.45, 2.75) is 51.2 Å². The number of halogens is 2. The van der Waals surface area contributed by atoms with Crippen LogP contribution in [0.25, 0.3) is 0 Å². The van der Waals surface area contributed by atoms with Crippen molar-refractivity contribution in [3.8, 4) is 5.75 Å². The molecular formula is C16H21BrFNO2. The van der Waals surface area contributed by atoms with Crippen molar-refractivity contribution in [2.75, 3.05) is 7.05 Å². The fourth-order valence-electron chi connectivity index (χ4n) is 2.75. The Kier molecular flexibility index (Phi) is 5.62. The first-order valence-electron chi connectivity index (χ1n) is 7.37. The van der Waals surface area contributed by atoms with E-state index in [1.165, 1.54) is 31.4 Å². The minimum Gasteiger partial charge on any atom is -0.478 e. The summed E-state index contributed by atoms with van der Waals surface area (Å²) in [4.78, 5) is 14.2. The van der Waals surface area contributed by atoms with Gasteiger partial charge < -0.3 is 9.64 Å². The van der Waals surface area contributed by atoms with Gasteiger partial charge >= 0.3 is 0 Å². The topological polar surface area (TPSA) is 29.5 Å². The fourth-order valence-corrected chi connectivity index (χ4v) is 3.08. The van der Waals surface area contributed by atoms with E-state index >= 15 is 0 Å². The van der Waals surface area contributed by atoms with E-state index in [-0.39, 0.29) is 17.7 Å².